The first-order chi connectivity index (χ1) is 18.0. The van der Waals surface area contributed by atoms with Gasteiger partial charge in [0.25, 0.3) is 0 Å². The molecule has 1 saturated heterocycles. The topological polar surface area (TPSA) is 50.8 Å². The molecule has 5 heteroatoms. The third-order valence-electron chi connectivity index (χ3n) is 8.68. The summed E-state index contributed by atoms with van der Waals surface area (Å²) in [5, 5.41) is 3.41. The Balaban J connectivity index is 1.41. The molecule has 2 aromatic rings. The number of nitrogens with one attached hydrogen (secondary N) is 1. The molecule has 3 atom stereocenters. The zero-order chi connectivity index (χ0) is 26.1. The molecule has 2 aliphatic rings. The lowest BCUT2D eigenvalue weighted by Crippen LogP contribution is -2.67. The number of aryl methyl sites for hydroxylation is 1. The van der Waals surface area contributed by atoms with Gasteiger partial charge in [-0.05, 0) is 74.8 Å². The van der Waals surface area contributed by atoms with Crippen LogP contribution < -0.4 is 10.1 Å². The molecule has 1 saturated carbocycles. The number of methoxy groups -OCH3 is 2. The molecule has 1 amide bonds. The van der Waals surface area contributed by atoms with Crippen molar-refractivity contribution < 1.29 is 14.3 Å². The quantitative estimate of drug-likeness (QED) is 0.298. The number of ether oxygens (including phenoxy) is 2. The zero-order valence-corrected chi connectivity index (χ0v) is 22.7. The van der Waals surface area contributed by atoms with E-state index in [1.807, 2.05) is 19.3 Å². The van der Waals surface area contributed by atoms with E-state index < -0.39 is 0 Å². The summed E-state index contributed by atoms with van der Waals surface area (Å²) in [5.41, 5.74) is 2.14. The monoisotopic (exact) mass is 504 g/mol. The molecule has 1 heterocycles. The van der Waals surface area contributed by atoms with Crippen LogP contribution in [-0.2, 0) is 21.4 Å². The predicted molar refractivity (Wildman–Crippen MR) is 150 cm³/mol. The lowest BCUT2D eigenvalue weighted by Gasteiger charge is -2.59. The summed E-state index contributed by atoms with van der Waals surface area (Å²) in [6.45, 7) is 6.67. The minimum atomic E-state index is -0.306. The van der Waals surface area contributed by atoms with Crippen LogP contribution in [0.3, 0.4) is 0 Å². The van der Waals surface area contributed by atoms with Gasteiger partial charge >= 0.3 is 0 Å². The van der Waals surface area contributed by atoms with E-state index in [0.29, 0.717) is 6.42 Å². The minimum Gasteiger partial charge on any atom is -0.497 e. The number of likely N-dealkylation sites (tertiary alicyclic amines) is 1. The lowest BCUT2D eigenvalue weighted by atomic mass is 9.55. The van der Waals surface area contributed by atoms with Crippen molar-refractivity contribution in [3.63, 3.8) is 0 Å². The van der Waals surface area contributed by atoms with E-state index in [2.05, 4.69) is 65.3 Å². The largest absolute Gasteiger partial charge is 0.497 e. The van der Waals surface area contributed by atoms with E-state index >= 15 is 0 Å². The van der Waals surface area contributed by atoms with E-state index in [1.54, 1.807) is 7.11 Å². The molecule has 1 N–H and O–H groups in total. The molecule has 2 fully saturated rings. The second kappa shape index (κ2) is 12.7. The molecule has 0 radical (unpaired) electrons. The normalized spacial score (nSPS) is 25.7. The number of amides is 1. The molecule has 2 aromatic carbocycles. The first-order valence-electron chi connectivity index (χ1n) is 13.9. The molecule has 1 aliphatic heterocycles. The predicted octanol–water partition coefficient (Wildman–Crippen LogP) is 5.68. The van der Waals surface area contributed by atoms with Crippen LogP contribution in [0.15, 0.2) is 67.3 Å². The molecular formula is C32H44N2O3. The van der Waals surface area contributed by atoms with Crippen molar-refractivity contribution in [3.8, 4) is 5.75 Å². The lowest BCUT2D eigenvalue weighted by molar-refractivity contribution is -0.149. The van der Waals surface area contributed by atoms with E-state index in [0.717, 1.165) is 76.8 Å². The SMILES string of the molecule is C=CCN1CC[C@@]2(c3cccc(OC)c3)C[C@H](NC(=O)CCCCCc3ccccc3)CC[C@]2(OC)C1. The summed E-state index contributed by atoms with van der Waals surface area (Å²) >= 11 is 0. The second-order valence-corrected chi connectivity index (χ2v) is 10.8. The Hall–Kier alpha value is -2.63. The molecule has 37 heavy (non-hydrogen) atoms. The zero-order valence-electron chi connectivity index (χ0n) is 22.7. The Morgan fingerprint density at radius 2 is 1.95 bits per heavy atom. The Bertz CT molecular complexity index is 1030. The van der Waals surface area contributed by atoms with Crippen LogP contribution in [0.25, 0.3) is 0 Å². The number of hydrogen-bond acceptors (Lipinski definition) is 4. The fourth-order valence-corrected chi connectivity index (χ4v) is 6.71. The number of unbranched alkanes of at least 4 members (excludes halogenated alkanes) is 2. The third kappa shape index (κ3) is 6.27. The maximum Gasteiger partial charge on any atom is 0.220 e. The molecular weight excluding hydrogens is 460 g/mol. The van der Waals surface area contributed by atoms with Gasteiger partial charge in [0.2, 0.25) is 5.91 Å². The van der Waals surface area contributed by atoms with Gasteiger partial charge < -0.3 is 14.8 Å². The maximum absolute atomic E-state index is 13.0. The fraction of sp³-hybridized carbons (Fsp3) is 0.531. The average molecular weight is 505 g/mol. The van der Waals surface area contributed by atoms with Crippen LogP contribution >= 0.6 is 0 Å². The summed E-state index contributed by atoms with van der Waals surface area (Å²) in [6.07, 6.45) is 10.5. The maximum atomic E-state index is 13.0. The number of fused-ring (bicyclic) bond motifs is 1. The molecule has 0 spiro atoms. The highest BCUT2D eigenvalue weighted by Crippen LogP contribution is 2.53. The van der Waals surface area contributed by atoms with Gasteiger partial charge in [0, 0.05) is 38.1 Å². The van der Waals surface area contributed by atoms with Crippen LogP contribution in [0.1, 0.15) is 62.5 Å². The molecule has 0 unspecified atom stereocenters. The van der Waals surface area contributed by atoms with Crippen molar-refractivity contribution in [1.82, 2.24) is 10.2 Å². The highest BCUT2D eigenvalue weighted by Gasteiger charge is 2.58. The van der Waals surface area contributed by atoms with Crippen LogP contribution in [0, 0.1) is 0 Å². The van der Waals surface area contributed by atoms with Gasteiger partial charge in [-0.3, -0.25) is 9.69 Å². The van der Waals surface area contributed by atoms with Gasteiger partial charge in [0.1, 0.15) is 5.75 Å². The summed E-state index contributed by atoms with van der Waals surface area (Å²) in [5.74, 6) is 1.05. The van der Waals surface area contributed by atoms with E-state index in [-0.39, 0.29) is 23.0 Å². The van der Waals surface area contributed by atoms with Gasteiger partial charge in [-0.15, -0.1) is 6.58 Å². The highest BCUT2D eigenvalue weighted by molar-refractivity contribution is 5.76. The molecule has 0 bridgehead atoms. The first kappa shape index (κ1) is 27.4. The number of hydrogen-bond donors (Lipinski definition) is 1. The van der Waals surface area contributed by atoms with Crippen LogP contribution in [0.5, 0.6) is 5.75 Å². The fourth-order valence-electron chi connectivity index (χ4n) is 6.71. The number of piperidine rings is 1. The van der Waals surface area contributed by atoms with Gasteiger partial charge in [-0.25, -0.2) is 0 Å². The van der Waals surface area contributed by atoms with E-state index in [9.17, 15) is 4.79 Å². The van der Waals surface area contributed by atoms with Crippen molar-refractivity contribution >= 4 is 5.91 Å². The second-order valence-electron chi connectivity index (χ2n) is 10.8. The number of carbonyl (C=O) groups is 1. The summed E-state index contributed by atoms with van der Waals surface area (Å²) in [4.78, 5) is 15.4. The van der Waals surface area contributed by atoms with Crippen molar-refractivity contribution in [1.29, 1.82) is 0 Å². The number of rotatable bonds is 12. The summed E-state index contributed by atoms with van der Waals surface area (Å²) in [7, 11) is 3.58. The van der Waals surface area contributed by atoms with Crippen LogP contribution in [0.2, 0.25) is 0 Å². The summed E-state index contributed by atoms with van der Waals surface area (Å²) in [6, 6.07) is 19.2. The Morgan fingerprint density at radius 3 is 2.70 bits per heavy atom. The standard InChI is InChI=1S/C32H44N2O3/c1-4-21-34-22-20-31(27-15-11-16-29(23-27)36-2)24-28(18-19-32(31,25-34)37-3)33-30(35)17-10-6-9-14-26-12-7-5-8-13-26/h4-5,7-8,11-13,15-16,23,28H,1,6,9-10,14,17-22,24-25H2,2-3H3,(H,33,35)/t28-,31+,32+/m1/s1. The average Bonchev–Trinajstić information content (AvgIpc) is 2.93. The van der Waals surface area contributed by atoms with Gasteiger partial charge in [0.05, 0.1) is 12.7 Å². The molecule has 1 aliphatic carbocycles. The van der Waals surface area contributed by atoms with Crippen LogP contribution in [0.4, 0.5) is 0 Å². The van der Waals surface area contributed by atoms with Crippen molar-refractivity contribution in [2.45, 2.75) is 74.8 Å². The Kier molecular flexibility index (Phi) is 9.44. The van der Waals surface area contributed by atoms with Crippen molar-refractivity contribution in [2.24, 2.45) is 0 Å². The number of benzene rings is 2. The van der Waals surface area contributed by atoms with Crippen molar-refractivity contribution in [2.75, 3.05) is 33.9 Å². The highest BCUT2D eigenvalue weighted by atomic mass is 16.5. The minimum absolute atomic E-state index is 0.150. The molecule has 5 nitrogen and oxygen atoms in total. The van der Waals surface area contributed by atoms with Gasteiger partial charge in [0.15, 0.2) is 0 Å². The van der Waals surface area contributed by atoms with Crippen molar-refractivity contribution in [3.05, 3.63) is 78.4 Å². The molecule has 0 aromatic heterocycles. The smallest absolute Gasteiger partial charge is 0.220 e. The number of carbonyl (C=O) groups excluding carboxylic acids is 1. The van der Waals surface area contributed by atoms with E-state index in [4.69, 9.17) is 9.47 Å². The number of nitrogens with zero attached hydrogens (tertiary/aromatic N) is 1. The Labute approximate surface area is 223 Å². The molecule has 4 rings (SSSR count). The summed E-state index contributed by atoms with van der Waals surface area (Å²) < 4.78 is 12.0. The third-order valence-corrected chi connectivity index (χ3v) is 8.68. The van der Waals surface area contributed by atoms with Gasteiger partial charge in [-0.2, -0.15) is 0 Å². The van der Waals surface area contributed by atoms with Gasteiger partial charge in [-0.1, -0.05) is 55.0 Å². The Morgan fingerprint density at radius 1 is 1.11 bits per heavy atom. The molecule has 200 valence electrons. The van der Waals surface area contributed by atoms with E-state index in [1.165, 1.54) is 11.1 Å². The first-order valence-corrected chi connectivity index (χ1v) is 13.9. The van der Waals surface area contributed by atoms with Crippen LogP contribution in [-0.4, -0.2) is 56.3 Å².